The fourth-order valence-electron chi connectivity index (χ4n) is 1.83. The van der Waals surface area contributed by atoms with E-state index in [1.807, 2.05) is 0 Å². The van der Waals surface area contributed by atoms with Crippen molar-refractivity contribution in [2.24, 2.45) is 0 Å². The minimum atomic E-state index is -4.56. The lowest BCUT2D eigenvalue weighted by atomic mass is 9.98. The summed E-state index contributed by atoms with van der Waals surface area (Å²) in [6.45, 7) is 0. The number of nitro groups is 1. The second-order valence-electron chi connectivity index (χ2n) is 3.82. The second kappa shape index (κ2) is 4.72. The van der Waals surface area contributed by atoms with Crippen LogP contribution in [0.5, 0.6) is 0 Å². The van der Waals surface area contributed by atoms with Crippen LogP contribution in [0.25, 0.3) is 11.1 Å². The average Bonchev–Trinajstić information content (AvgIpc) is 2.37. The molecule has 0 aliphatic carbocycles. The first-order chi connectivity index (χ1) is 8.91. The summed E-state index contributed by atoms with van der Waals surface area (Å²) in [4.78, 5) is 10.2. The summed E-state index contributed by atoms with van der Waals surface area (Å²) in [6, 6.07) is 10.2. The Hall–Kier alpha value is -2.37. The third kappa shape index (κ3) is 2.57. The highest BCUT2D eigenvalue weighted by Gasteiger charge is 2.34. The average molecular weight is 267 g/mol. The second-order valence-corrected chi connectivity index (χ2v) is 3.82. The Kier molecular flexibility index (Phi) is 3.25. The molecule has 0 saturated carbocycles. The molecule has 0 N–H and O–H groups in total. The van der Waals surface area contributed by atoms with Crippen LogP contribution >= 0.6 is 0 Å². The van der Waals surface area contributed by atoms with Crippen LogP contribution in [-0.4, -0.2) is 4.92 Å². The van der Waals surface area contributed by atoms with Crippen LogP contribution < -0.4 is 0 Å². The van der Waals surface area contributed by atoms with Crippen molar-refractivity contribution >= 4 is 5.69 Å². The third-order valence-corrected chi connectivity index (χ3v) is 2.62. The van der Waals surface area contributed by atoms with Gasteiger partial charge in [-0.1, -0.05) is 30.3 Å². The fourth-order valence-corrected chi connectivity index (χ4v) is 1.83. The van der Waals surface area contributed by atoms with E-state index < -0.39 is 16.7 Å². The van der Waals surface area contributed by atoms with Crippen molar-refractivity contribution < 1.29 is 18.1 Å². The van der Waals surface area contributed by atoms with E-state index in [0.717, 1.165) is 6.07 Å². The summed E-state index contributed by atoms with van der Waals surface area (Å²) in [6.07, 6.45) is -4.56. The van der Waals surface area contributed by atoms with Gasteiger partial charge >= 0.3 is 6.18 Å². The van der Waals surface area contributed by atoms with Crippen LogP contribution in [-0.2, 0) is 6.18 Å². The number of halogens is 3. The van der Waals surface area contributed by atoms with Crippen LogP contribution in [0.2, 0.25) is 0 Å². The maximum atomic E-state index is 12.9. The van der Waals surface area contributed by atoms with Gasteiger partial charge in [0.25, 0.3) is 5.69 Å². The minimum absolute atomic E-state index is 0.0413. The molecule has 0 aliphatic heterocycles. The molecule has 2 aromatic rings. The van der Waals surface area contributed by atoms with Crippen molar-refractivity contribution in [2.45, 2.75) is 6.18 Å². The van der Waals surface area contributed by atoms with Gasteiger partial charge in [-0.15, -0.1) is 0 Å². The summed E-state index contributed by atoms with van der Waals surface area (Å²) < 4.78 is 38.7. The number of para-hydroxylation sites is 1. The highest BCUT2D eigenvalue weighted by molar-refractivity contribution is 5.76. The quantitative estimate of drug-likeness (QED) is 0.602. The van der Waals surface area contributed by atoms with Crippen molar-refractivity contribution in [1.29, 1.82) is 0 Å². The third-order valence-electron chi connectivity index (χ3n) is 2.62. The molecule has 19 heavy (non-hydrogen) atoms. The minimum Gasteiger partial charge on any atom is -0.258 e. The van der Waals surface area contributed by atoms with Crippen LogP contribution in [0, 0.1) is 10.1 Å². The Morgan fingerprint density at radius 3 is 2.00 bits per heavy atom. The van der Waals surface area contributed by atoms with E-state index in [-0.39, 0.29) is 16.8 Å². The van der Waals surface area contributed by atoms with E-state index in [2.05, 4.69) is 0 Å². The van der Waals surface area contributed by atoms with Gasteiger partial charge in [0.05, 0.1) is 16.1 Å². The zero-order valence-corrected chi connectivity index (χ0v) is 9.52. The van der Waals surface area contributed by atoms with E-state index in [0.29, 0.717) is 0 Å². The molecule has 0 aliphatic rings. The van der Waals surface area contributed by atoms with E-state index in [4.69, 9.17) is 0 Å². The SMILES string of the molecule is O=[N+]([O-])c1ccccc1-c1ccccc1C(F)(F)F. The number of benzene rings is 2. The summed E-state index contributed by atoms with van der Waals surface area (Å²) in [5, 5.41) is 10.9. The zero-order valence-electron chi connectivity index (χ0n) is 9.52. The standard InChI is InChI=1S/C13H8F3NO2/c14-13(15,16)11-7-3-1-5-9(11)10-6-2-4-8-12(10)17(18)19/h1-8H. The Bertz CT molecular complexity index is 623. The van der Waals surface area contributed by atoms with E-state index in [9.17, 15) is 23.3 Å². The van der Waals surface area contributed by atoms with Gasteiger partial charge in [0, 0.05) is 11.6 Å². The number of rotatable bonds is 2. The molecule has 6 heteroatoms. The largest absolute Gasteiger partial charge is 0.417 e. The molecular weight excluding hydrogens is 259 g/mol. The van der Waals surface area contributed by atoms with Gasteiger partial charge < -0.3 is 0 Å². The van der Waals surface area contributed by atoms with Crippen molar-refractivity contribution in [3.8, 4) is 11.1 Å². The molecule has 0 amide bonds. The maximum Gasteiger partial charge on any atom is 0.417 e. The van der Waals surface area contributed by atoms with E-state index in [1.165, 1.54) is 42.5 Å². The van der Waals surface area contributed by atoms with Crippen molar-refractivity contribution in [3.63, 3.8) is 0 Å². The number of alkyl halides is 3. The number of nitro benzene ring substituents is 1. The molecule has 0 spiro atoms. The fraction of sp³-hybridized carbons (Fsp3) is 0.0769. The molecule has 0 heterocycles. The Balaban J connectivity index is 2.70. The molecule has 2 rings (SSSR count). The molecule has 3 nitrogen and oxygen atoms in total. The van der Waals surface area contributed by atoms with Crippen molar-refractivity contribution in [2.75, 3.05) is 0 Å². The van der Waals surface area contributed by atoms with Crippen LogP contribution in [0.3, 0.4) is 0 Å². The van der Waals surface area contributed by atoms with Crippen LogP contribution in [0.1, 0.15) is 5.56 Å². The highest BCUT2D eigenvalue weighted by Crippen LogP contribution is 2.39. The van der Waals surface area contributed by atoms with Crippen LogP contribution in [0.4, 0.5) is 18.9 Å². The Morgan fingerprint density at radius 2 is 1.42 bits per heavy atom. The number of nitrogens with zero attached hydrogens (tertiary/aromatic N) is 1. The molecule has 0 aromatic heterocycles. The van der Waals surface area contributed by atoms with Crippen LogP contribution in [0.15, 0.2) is 48.5 Å². The first kappa shape index (κ1) is 13.1. The number of hydrogen-bond donors (Lipinski definition) is 0. The summed E-state index contributed by atoms with van der Waals surface area (Å²) in [7, 11) is 0. The molecule has 0 fully saturated rings. The van der Waals surface area contributed by atoms with Gasteiger partial charge in [0.15, 0.2) is 0 Å². The van der Waals surface area contributed by atoms with Crippen molar-refractivity contribution in [1.82, 2.24) is 0 Å². The van der Waals surface area contributed by atoms with Gasteiger partial charge in [-0.2, -0.15) is 13.2 Å². The van der Waals surface area contributed by atoms with Gasteiger partial charge in [0.2, 0.25) is 0 Å². The van der Waals surface area contributed by atoms with E-state index in [1.54, 1.807) is 0 Å². The first-order valence-corrected chi connectivity index (χ1v) is 5.31. The van der Waals surface area contributed by atoms with Gasteiger partial charge in [-0.25, -0.2) is 0 Å². The molecule has 2 aromatic carbocycles. The van der Waals surface area contributed by atoms with Gasteiger partial charge in [0.1, 0.15) is 0 Å². The Morgan fingerprint density at radius 1 is 0.895 bits per heavy atom. The molecule has 0 bridgehead atoms. The monoisotopic (exact) mass is 267 g/mol. The summed E-state index contributed by atoms with van der Waals surface area (Å²) in [5.74, 6) is 0. The van der Waals surface area contributed by atoms with E-state index >= 15 is 0 Å². The zero-order chi connectivity index (χ0) is 14.0. The molecule has 0 unspecified atom stereocenters. The molecular formula is C13H8F3NO2. The highest BCUT2D eigenvalue weighted by atomic mass is 19.4. The summed E-state index contributed by atoms with van der Waals surface area (Å²) >= 11 is 0. The van der Waals surface area contributed by atoms with Crippen molar-refractivity contribution in [3.05, 3.63) is 64.2 Å². The van der Waals surface area contributed by atoms with Gasteiger partial charge in [-0.3, -0.25) is 10.1 Å². The molecule has 0 atom stereocenters. The predicted octanol–water partition coefficient (Wildman–Crippen LogP) is 4.28. The Labute approximate surface area is 106 Å². The van der Waals surface area contributed by atoms with Gasteiger partial charge in [-0.05, 0) is 12.1 Å². The first-order valence-electron chi connectivity index (χ1n) is 5.31. The molecule has 0 saturated heterocycles. The number of hydrogen-bond acceptors (Lipinski definition) is 2. The molecule has 98 valence electrons. The summed E-state index contributed by atoms with van der Waals surface area (Å²) in [5.41, 5.74) is -1.47. The lowest BCUT2D eigenvalue weighted by molar-refractivity contribution is -0.384. The predicted molar refractivity (Wildman–Crippen MR) is 63.5 cm³/mol. The molecule has 0 radical (unpaired) electrons. The normalized spacial score (nSPS) is 11.3. The topological polar surface area (TPSA) is 43.1 Å². The smallest absolute Gasteiger partial charge is 0.258 e. The maximum absolute atomic E-state index is 12.9. The lowest BCUT2D eigenvalue weighted by Gasteiger charge is -2.12. The lowest BCUT2D eigenvalue weighted by Crippen LogP contribution is -2.07.